The molecule has 6 heteroatoms. The third kappa shape index (κ3) is 2.36. The van der Waals surface area contributed by atoms with Gasteiger partial charge in [0.25, 0.3) is 0 Å². The fraction of sp³-hybridized carbons (Fsp3) is 0.312. The topological polar surface area (TPSA) is 69.9 Å². The lowest BCUT2D eigenvalue weighted by Gasteiger charge is -2.04. The van der Waals surface area contributed by atoms with E-state index in [4.69, 9.17) is 9.57 Å². The van der Waals surface area contributed by atoms with Crippen molar-refractivity contribution in [2.24, 2.45) is 12.2 Å². The van der Waals surface area contributed by atoms with Gasteiger partial charge in [0, 0.05) is 31.8 Å². The Morgan fingerprint density at radius 3 is 2.64 bits per heavy atom. The summed E-state index contributed by atoms with van der Waals surface area (Å²) >= 11 is 0. The highest BCUT2D eigenvalue weighted by molar-refractivity contribution is 6.09. The van der Waals surface area contributed by atoms with Crippen LogP contribution in [0.1, 0.15) is 31.5 Å². The molecular formula is C16H16N2O4. The van der Waals surface area contributed by atoms with Gasteiger partial charge in [0.1, 0.15) is 11.5 Å². The number of fused-ring (bicyclic) bond motifs is 3. The van der Waals surface area contributed by atoms with Gasteiger partial charge in [0.15, 0.2) is 0 Å². The molecule has 1 aliphatic rings. The Bertz CT molecular complexity index is 817. The molecule has 0 aliphatic heterocycles. The number of hydrogen-bond donors (Lipinski definition) is 0. The summed E-state index contributed by atoms with van der Waals surface area (Å²) in [6, 6.07) is 5.54. The second-order valence-corrected chi connectivity index (χ2v) is 5.28. The fourth-order valence-corrected chi connectivity index (χ4v) is 2.92. The zero-order valence-corrected chi connectivity index (χ0v) is 12.7. The Balaban J connectivity index is 2.10. The van der Waals surface area contributed by atoms with Crippen LogP contribution in [-0.4, -0.2) is 22.2 Å². The van der Waals surface area contributed by atoms with Crippen LogP contribution in [-0.2, 0) is 27.9 Å². The number of carbonyl (C=O) groups is 2. The minimum atomic E-state index is -0.433. The zero-order valence-electron chi connectivity index (χ0n) is 12.7. The van der Waals surface area contributed by atoms with Crippen LogP contribution in [0.4, 0.5) is 0 Å². The van der Waals surface area contributed by atoms with Crippen molar-refractivity contribution in [3.8, 4) is 5.75 Å². The second kappa shape index (κ2) is 5.29. The van der Waals surface area contributed by atoms with E-state index >= 15 is 0 Å². The molecule has 0 radical (unpaired) electrons. The first-order chi connectivity index (χ1) is 10.5. The molecule has 0 atom stereocenters. The first-order valence-corrected chi connectivity index (χ1v) is 7.02. The summed E-state index contributed by atoms with van der Waals surface area (Å²) in [6.45, 7) is 2.70. The molecule has 1 aromatic heterocycles. The minimum Gasteiger partial charge on any atom is -0.427 e. The van der Waals surface area contributed by atoms with E-state index in [1.165, 1.54) is 13.8 Å². The normalized spacial score (nSPS) is 15.1. The number of aromatic nitrogens is 1. The molecule has 0 bridgehead atoms. The van der Waals surface area contributed by atoms with Crippen molar-refractivity contribution < 1.29 is 19.2 Å². The van der Waals surface area contributed by atoms with Crippen molar-refractivity contribution in [2.45, 2.75) is 26.7 Å². The quantitative estimate of drug-likeness (QED) is 0.369. The number of oxime groups is 1. The highest BCUT2D eigenvalue weighted by Crippen LogP contribution is 2.34. The van der Waals surface area contributed by atoms with E-state index in [2.05, 4.69) is 5.16 Å². The van der Waals surface area contributed by atoms with Crippen molar-refractivity contribution in [1.82, 2.24) is 4.57 Å². The molecule has 114 valence electrons. The third-order valence-corrected chi connectivity index (χ3v) is 3.71. The Morgan fingerprint density at radius 1 is 1.18 bits per heavy atom. The van der Waals surface area contributed by atoms with Crippen LogP contribution in [0, 0.1) is 0 Å². The molecule has 1 aromatic carbocycles. The van der Waals surface area contributed by atoms with Crippen molar-refractivity contribution in [3.63, 3.8) is 0 Å². The van der Waals surface area contributed by atoms with Gasteiger partial charge in [0.05, 0.1) is 5.69 Å². The number of ether oxygens (including phenoxy) is 1. The molecule has 1 aliphatic carbocycles. The molecule has 0 fully saturated rings. The lowest BCUT2D eigenvalue weighted by molar-refractivity contribution is -0.141. The predicted molar refractivity (Wildman–Crippen MR) is 80.9 cm³/mol. The summed E-state index contributed by atoms with van der Waals surface area (Å²) in [5.74, 6) is -0.250. The van der Waals surface area contributed by atoms with E-state index in [-0.39, 0.29) is 5.97 Å². The second-order valence-electron chi connectivity index (χ2n) is 5.28. The van der Waals surface area contributed by atoms with Crippen molar-refractivity contribution in [1.29, 1.82) is 0 Å². The number of carbonyl (C=O) groups excluding carboxylic acids is 2. The number of hydrogen-bond acceptors (Lipinski definition) is 5. The largest absolute Gasteiger partial charge is 0.427 e. The zero-order chi connectivity index (χ0) is 15.9. The summed E-state index contributed by atoms with van der Waals surface area (Å²) in [5.41, 5.74) is 3.89. The van der Waals surface area contributed by atoms with E-state index in [9.17, 15) is 9.59 Å². The molecule has 6 nitrogen and oxygen atoms in total. The summed E-state index contributed by atoms with van der Waals surface area (Å²) in [4.78, 5) is 26.8. The first kappa shape index (κ1) is 14.3. The Morgan fingerprint density at radius 2 is 1.95 bits per heavy atom. The van der Waals surface area contributed by atoms with E-state index in [0.29, 0.717) is 5.75 Å². The summed E-state index contributed by atoms with van der Waals surface area (Å²) in [7, 11) is 1.95. The van der Waals surface area contributed by atoms with Crippen molar-refractivity contribution in [2.75, 3.05) is 0 Å². The van der Waals surface area contributed by atoms with Crippen LogP contribution >= 0.6 is 0 Å². The van der Waals surface area contributed by atoms with Crippen LogP contribution in [0.2, 0.25) is 0 Å². The molecule has 1 heterocycles. The fourth-order valence-electron chi connectivity index (χ4n) is 2.92. The molecule has 0 spiro atoms. The SMILES string of the molecule is CC(=O)O/N=C1\CCc2c1n(C)c1ccc(OC(C)=O)cc21. The molecule has 3 rings (SSSR count). The third-order valence-electron chi connectivity index (χ3n) is 3.71. The van der Waals surface area contributed by atoms with Gasteiger partial charge < -0.3 is 14.1 Å². The molecule has 2 aromatic rings. The van der Waals surface area contributed by atoms with Gasteiger partial charge in [-0.2, -0.15) is 0 Å². The minimum absolute atomic E-state index is 0.343. The van der Waals surface area contributed by atoms with Crippen molar-refractivity contribution >= 4 is 28.6 Å². The highest BCUT2D eigenvalue weighted by Gasteiger charge is 2.26. The number of nitrogens with zero attached hydrogens (tertiary/aromatic N) is 2. The van der Waals surface area contributed by atoms with Crippen LogP contribution in [0.15, 0.2) is 23.4 Å². The Hall–Kier alpha value is -2.63. The predicted octanol–water partition coefficient (Wildman–Crippen LogP) is 2.32. The van der Waals surface area contributed by atoms with Gasteiger partial charge in [0.2, 0.25) is 0 Å². The maximum Gasteiger partial charge on any atom is 0.331 e. The smallest absolute Gasteiger partial charge is 0.331 e. The number of rotatable bonds is 2. The Kier molecular flexibility index (Phi) is 3.44. The summed E-state index contributed by atoms with van der Waals surface area (Å²) in [5, 5.41) is 4.98. The highest BCUT2D eigenvalue weighted by atomic mass is 16.7. The molecule has 0 amide bonds. The molecule has 0 unspecified atom stereocenters. The van der Waals surface area contributed by atoms with Gasteiger partial charge in [-0.1, -0.05) is 5.16 Å². The maximum atomic E-state index is 11.1. The average Bonchev–Trinajstić information content (AvgIpc) is 2.97. The molecule has 0 N–H and O–H groups in total. The van der Waals surface area contributed by atoms with E-state index in [1.807, 2.05) is 23.7 Å². The van der Waals surface area contributed by atoms with E-state index in [0.717, 1.165) is 40.7 Å². The lowest BCUT2D eigenvalue weighted by Crippen LogP contribution is -2.05. The molecule has 0 saturated carbocycles. The van der Waals surface area contributed by atoms with E-state index in [1.54, 1.807) is 6.07 Å². The van der Waals surface area contributed by atoms with Gasteiger partial charge >= 0.3 is 11.9 Å². The maximum absolute atomic E-state index is 11.1. The van der Waals surface area contributed by atoms with Crippen LogP contribution < -0.4 is 4.74 Å². The Labute approximate surface area is 127 Å². The van der Waals surface area contributed by atoms with Crippen LogP contribution in [0.5, 0.6) is 5.75 Å². The summed E-state index contributed by atoms with van der Waals surface area (Å²) in [6.07, 6.45) is 1.54. The number of benzene rings is 1. The van der Waals surface area contributed by atoms with Crippen LogP contribution in [0.25, 0.3) is 10.9 Å². The average molecular weight is 300 g/mol. The molecular weight excluding hydrogens is 284 g/mol. The first-order valence-electron chi connectivity index (χ1n) is 7.02. The molecule has 0 saturated heterocycles. The van der Waals surface area contributed by atoms with Gasteiger partial charge in [-0.05, 0) is 36.6 Å². The standard InChI is InChI=1S/C16H16N2O4/c1-9(19)21-11-4-7-15-13(8-11)12-5-6-14(16(12)18(15)3)17-22-10(2)20/h4,7-8H,5-6H2,1-3H3/b17-14+. The van der Waals surface area contributed by atoms with Gasteiger partial charge in [-0.3, -0.25) is 4.79 Å². The van der Waals surface area contributed by atoms with Gasteiger partial charge in [-0.15, -0.1) is 0 Å². The van der Waals surface area contributed by atoms with E-state index < -0.39 is 5.97 Å². The lowest BCUT2D eigenvalue weighted by atomic mass is 10.1. The number of esters is 1. The van der Waals surface area contributed by atoms with Crippen molar-refractivity contribution in [3.05, 3.63) is 29.5 Å². The number of aryl methyl sites for hydroxylation is 2. The van der Waals surface area contributed by atoms with Gasteiger partial charge in [-0.25, -0.2) is 4.79 Å². The monoisotopic (exact) mass is 300 g/mol. The summed E-state index contributed by atoms with van der Waals surface area (Å²) < 4.78 is 7.17. The molecule has 22 heavy (non-hydrogen) atoms. The van der Waals surface area contributed by atoms with Crippen LogP contribution in [0.3, 0.4) is 0 Å².